The number of hydrogen-bond acceptors (Lipinski definition) is 7. The van der Waals surface area contributed by atoms with E-state index in [9.17, 15) is 9.59 Å². The number of aromatic nitrogens is 6. The van der Waals surface area contributed by atoms with Crippen LogP contribution in [-0.4, -0.2) is 36.0 Å². The van der Waals surface area contributed by atoms with Crippen molar-refractivity contribution < 1.29 is 9.53 Å². The number of carbonyl (C=O) groups excluding carboxylic acids is 1. The molecule has 0 spiro atoms. The van der Waals surface area contributed by atoms with Gasteiger partial charge in [0, 0.05) is 19.2 Å². The molecule has 2 aromatic heterocycles. The van der Waals surface area contributed by atoms with Crippen molar-refractivity contribution in [2.45, 2.75) is 52.8 Å². The molecule has 0 saturated heterocycles. The minimum atomic E-state index is -0.610. The molecule has 124 valence electrons. The molecule has 0 aliphatic rings. The second-order valence-corrected chi connectivity index (χ2v) is 5.03. The molecule has 2 heterocycles. The zero-order valence-corrected chi connectivity index (χ0v) is 13.3. The highest BCUT2D eigenvalue weighted by Crippen LogP contribution is 2.02. The van der Waals surface area contributed by atoms with Crippen molar-refractivity contribution in [1.82, 2.24) is 30.0 Å². The molecule has 2 rings (SSSR count). The van der Waals surface area contributed by atoms with Crippen LogP contribution >= 0.6 is 0 Å². The lowest BCUT2D eigenvalue weighted by Gasteiger charge is -2.07. The maximum atomic E-state index is 12.1. The smallest absolute Gasteiger partial charge is 0.359 e. The average molecular weight is 320 g/mol. The number of rotatable bonds is 8. The Kier molecular flexibility index (Phi) is 5.95. The SMILES string of the molecule is CCCCn1nc(C(=O)OCc2nnnn2CCC)ccc1=O. The molecule has 23 heavy (non-hydrogen) atoms. The normalized spacial score (nSPS) is 10.7. The van der Waals surface area contributed by atoms with Gasteiger partial charge in [-0.1, -0.05) is 20.3 Å². The number of esters is 1. The summed E-state index contributed by atoms with van der Waals surface area (Å²) >= 11 is 0. The van der Waals surface area contributed by atoms with Gasteiger partial charge in [0.1, 0.15) is 0 Å². The van der Waals surface area contributed by atoms with Crippen LogP contribution in [0.5, 0.6) is 0 Å². The molecule has 0 aromatic carbocycles. The van der Waals surface area contributed by atoms with Crippen molar-refractivity contribution in [2.24, 2.45) is 0 Å². The summed E-state index contributed by atoms with van der Waals surface area (Å²) < 4.78 is 8.04. The maximum absolute atomic E-state index is 12.1. The van der Waals surface area contributed by atoms with E-state index in [1.54, 1.807) is 4.68 Å². The van der Waals surface area contributed by atoms with Gasteiger partial charge >= 0.3 is 5.97 Å². The molecule has 2 aromatic rings. The van der Waals surface area contributed by atoms with Crippen LogP contribution in [0.15, 0.2) is 16.9 Å². The van der Waals surface area contributed by atoms with E-state index < -0.39 is 5.97 Å². The molecule has 0 N–H and O–H groups in total. The molecule has 0 bridgehead atoms. The van der Waals surface area contributed by atoms with Gasteiger partial charge in [-0.3, -0.25) is 4.79 Å². The second kappa shape index (κ2) is 8.16. The monoisotopic (exact) mass is 320 g/mol. The first-order chi connectivity index (χ1) is 11.2. The third-order valence-corrected chi connectivity index (χ3v) is 3.17. The van der Waals surface area contributed by atoms with E-state index >= 15 is 0 Å². The van der Waals surface area contributed by atoms with Crippen LogP contribution in [0.2, 0.25) is 0 Å². The van der Waals surface area contributed by atoms with Crippen LogP contribution in [-0.2, 0) is 24.4 Å². The first-order valence-corrected chi connectivity index (χ1v) is 7.66. The Morgan fingerprint density at radius 2 is 2.00 bits per heavy atom. The number of carbonyl (C=O) groups is 1. The van der Waals surface area contributed by atoms with Crippen LogP contribution in [0, 0.1) is 0 Å². The summed E-state index contributed by atoms with van der Waals surface area (Å²) in [5, 5.41) is 15.2. The summed E-state index contributed by atoms with van der Waals surface area (Å²) in [6.45, 7) is 5.11. The third kappa shape index (κ3) is 4.44. The van der Waals surface area contributed by atoms with Crippen LogP contribution in [0.4, 0.5) is 0 Å². The van der Waals surface area contributed by atoms with Crippen LogP contribution in [0.3, 0.4) is 0 Å². The lowest BCUT2D eigenvalue weighted by molar-refractivity contribution is 0.0446. The molecule has 0 radical (unpaired) electrons. The van der Waals surface area contributed by atoms with E-state index in [1.807, 2.05) is 13.8 Å². The van der Waals surface area contributed by atoms with Crippen molar-refractivity contribution in [3.8, 4) is 0 Å². The van der Waals surface area contributed by atoms with Gasteiger partial charge in [0.25, 0.3) is 5.56 Å². The predicted octanol–water partition coefficient (Wildman–Crippen LogP) is 0.797. The highest BCUT2D eigenvalue weighted by molar-refractivity contribution is 5.86. The Labute approximate surface area is 133 Å². The number of nitrogens with zero attached hydrogens (tertiary/aromatic N) is 6. The van der Waals surface area contributed by atoms with Gasteiger partial charge in [0.15, 0.2) is 18.1 Å². The second-order valence-electron chi connectivity index (χ2n) is 5.03. The number of ether oxygens (including phenoxy) is 1. The average Bonchev–Trinajstić information content (AvgIpc) is 2.99. The van der Waals surface area contributed by atoms with Crippen molar-refractivity contribution >= 4 is 5.97 Å². The minimum absolute atomic E-state index is 0.0401. The number of unbranched alkanes of at least 4 members (excludes halogenated alkanes) is 1. The summed E-state index contributed by atoms with van der Waals surface area (Å²) in [4.78, 5) is 23.7. The van der Waals surface area contributed by atoms with E-state index in [4.69, 9.17) is 4.74 Å². The summed E-state index contributed by atoms with van der Waals surface area (Å²) in [5.74, 6) is -0.138. The summed E-state index contributed by atoms with van der Waals surface area (Å²) in [6, 6.07) is 2.68. The fraction of sp³-hybridized carbons (Fsp3) is 0.571. The van der Waals surface area contributed by atoms with Crippen LogP contribution in [0.1, 0.15) is 49.4 Å². The van der Waals surface area contributed by atoms with E-state index in [0.717, 1.165) is 19.3 Å². The minimum Gasteiger partial charge on any atom is -0.453 e. The summed E-state index contributed by atoms with van der Waals surface area (Å²) in [7, 11) is 0. The van der Waals surface area contributed by atoms with Crippen LogP contribution in [0.25, 0.3) is 0 Å². The van der Waals surface area contributed by atoms with Crippen molar-refractivity contribution in [2.75, 3.05) is 0 Å². The van der Waals surface area contributed by atoms with E-state index in [0.29, 0.717) is 18.9 Å². The molecule has 0 aliphatic carbocycles. The van der Waals surface area contributed by atoms with E-state index in [-0.39, 0.29) is 17.9 Å². The van der Waals surface area contributed by atoms with Crippen molar-refractivity contribution in [3.63, 3.8) is 0 Å². The zero-order chi connectivity index (χ0) is 16.7. The van der Waals surface area contributed by atoms with E-state index in [1.165, 1.54) is 16.8 Å². The van der Waals surface area contributed by atoms with Gasteiger partial charge in [-0.25, -0.2) is 14.2 Å². The first-order valence-electron chi connectivity index (χ1n) is 7.66. The molecular weight excluding hydrogens is 300 g/mol. The van der Waals surface area contributed by atoms with Gasteiger partial charge < -0.3 is 4.74 Å². The molecule has 0 saturated carbocycles. The zero-order valence-electron chi connectivity index (χ0n) is 13.3. The molecule has 9 nitrogen and oxygen atoms in total. The highest BCUT2D eigenvalue weighted by atomic mass is 16.5. The van der Waals surface area contributed by atoms with Crippen LogP contribution < -0.4 is 5.56 Å². The number of aryl methyl sites for hydroxylation is 2. The Bertz CT molecular complexity index is 709. The largest absolute Gasteiger partial charge is 0.453 e. The molecular formula is C14H20N6O3. The Morgan fingerprint density at radius 1 is 1.17 bits per heavy atom. The van der Waals surface area contributed by atoms with Gasteiger partial charge in [-0.15, -0.1) is 5.10 Å². The van der Waals surface area contributed by atoms with E-state index in [2.05, 4.69) is 20.6 Å². The Morgan fingerprint density at radius 3 is 2.74 bits per heavy atom. The van der Waals surface area contributed by atoms with Gasteiger partial charge in [-0.2, -0.15) is 5.10 Å². The lowest BCUT2D eigenvalue weighted by Crippen LogP contribution is -2.25. The Hall–Kier alpha value is -2.58. The molecule has 0 atom stereocenters. The molecule has 0 amide bonds. The van der Waals surface area contributed by atoms with Gasteiger partial charge in [0.05, 0.1) is 0 Å². The Balaban J connectivity index is 2.03. The molecule has 0 fully saturated rings. The third-order valence-electron chi connectivity index (χ3n) is 3.17. The fourth-order valence-electron chi connectivity index (χ4n) is 1.94. The fourth-order valence-corrected chi connectivity index (χ4v) is 1.94. The van der Waals surface area contributed by atoms with Gasteiger partial charge in [-0.05, 0) is 29.3 Å². The quantitative estimate of drug-likeness (QED) is 0.662. The maximum Gasteiger partial charge on any atom is 0.359 e. The molecule has 0 aliphatic heterocycles. The van der Waals surface area contributed by atoms with Crippen molar-refractivity contribution in [1.29, 1.82) is 0 Å². The topological polar surface area (TPSA) is 105 Å². The number of hydrogen-bond donors (Lipinski definition) is 0. The summed E-state index contributed by atoms with van der Waals surface area (Å²) in [5.41, 5.74) is -0.142. The number of tetrazole rings is 1. The van der Waals surface area contributed by atoms with Crippen molar-refractivity contribution in [3.05, 3.63) is 34.0 Å². The summed E-state index contributed by atoms with van der Waals surface area (Å²) in [6.07, 6.45) is 2.62. The first kappa shape index (κ1) is 16.8. The molecule has 9 heteroatoms. The highest BCUT2D eigenvalue weighted by Gasteiger charge is 2.14. The molecule has 0 unspecified atom stereocenters. The standard InChI is InChI=1S/C14H20N6O3/c1-3-5-9-20-13(21)7-6-11(16-20)14(22)23-10-12-15-17-18-19(12)8-4-2/h6-7H,3-5,8-10H2,1-2H3. The van der Waals surface area contributed by atoms with Gasteiger partial charge in [0.2, 0.25) is 0 Å². The lowest BCUT2D eigenvalue weighted by atomic mass is 10.3. The predicted molar refractivity (Wildman–Crippen MR) is 80.6 cm³/mol.